The molecule has 5 aromatic rings. The van der Waals surface area contributed by atoms with Gasteiger partial charge in [-0.15, -0.1) is 0 Å². The summed E-state index contributed by atoms with van der Waals surface area (Å²) in [4.78, 5) is 17.2. The zero-order valence-electron chi connectivity index (χ0n) is 16.2. The smallest absolute Gasteiger partial charge is 0.228 e. The number of nitrogens with one attached hydrogen (secondary N) is 1. The molecule has 0 atom stereocenters. The van der Waals surface area contributed by atoms with Gasteiger partial charge in [0.05, 0.1) is 30.8 Å². The first-order valence-corrected chi connectivity index (χ1v) is 9.61. The van der Waals surface area contributed by atoms with Gasteiger partial charge in [-0.05, 0) is 36.8 Å². The topological polar surface area (TPSA) is 73.0 Å². The van der Waals surface area contributed by atoms with E-state index < -0.39 is 0 Å². The van der Waals surface area contributed by atoms with Crippen molar-refractivity contribution in [2.45, 2.75) is 26.3 Å². The molecule has 3 aromatic heterocycles. The molecule has 1 N–H and O–H groups in total. The van der Waals surface area contributed by atoms with Crippen LogP contribution in [0.15, 0.2) is 65.5 Å². The molecule has 1 amide bonds. The summed E-state index contributed by atoms with van der Waals surface area (Å²) in [5.74, 6) is -0.113. The summed E-state index contributed by atoms with van der Waals surface area (Å²) in [5, 5.41) is 11.4. The highest BCUT2D eigenvalue weighted by Gasteiger charge is 2.14. The minimum Gasteiger partial charge on any atom is -0.464 e. The highest BCUT2D eigenvalue weighted by Crippen LogP contribution is 2.30. The van der Waals surface area contributed by atoms with Gasteiger partial charge in [-0.1, -0.05) is 30.3 Å². The monoisotopic (exact) mass is 384 g/mol. The molecule has 0 aliphatic carbocycles. The molecule has 0 bridgehead atoms. The van der Waals surface area contributed by atoms with Gasteiger partial charge in [0.15, 0.2) is 5.65 Å². The van der Waals surface area contributed by atoms with Crippen LogP contribution in [0.3, 0.4) is 0 Å². The minimum atomic E-state index is -0.113. The molecule has 3 heterocycles. The van der Waals surface area contributed by atoms with E-state index in [1.807, 2.05) is 35.0 Å². The second-order valence-electron chi connectivity index (χ2n) is 7.47. The number of amides is 1. The molecule has 0 fully saturated rings. The Balaban J connectivity index is 1.42. The van der Waals surface area contributed by atoms with Crippen molar-refractivity contribution in [3.05, 3.63) is 66.7 Å². The Hall–Kier alpha value is -3.67. The van der Waals surface area contributed by atoms with Crippen LogP contribution in [-0.4, -0.2) is 20.7 Å². The molecule has 6 heteroatoms. The molecular formula is C23H20N4O2. The first-order valence-electron chi connectivity index (χ1n) is 9.61. The highest BCUT2D eigenvalue weighted by atomic mass is 16.3. The van der Waals surface area contributed by atoms with Gasteiger partial charge in [-0.2, -0.15) is 5.10 Å². The molecule has 0 aliphatic rings. The third-order valence-electron chi connectivity index (χ3n) is 5.10. The maximum Gasteiger partial charge on any atom is 0.228 e. The summed E-state index contributed by atoms with van der Waals surface area (Å²) < 4.78 is 7.55. The maximum absolute atomic E-state index is 12.7. The number of carbonyl (C=O) groups excluding carboxylic acids is 1. The zero-order chi connectivity index (χ0) is 20.0. The van der Waals surface area contributed by atoms with Gasteiger partial charge < -0.3 is 9.73 Å². The lowest BCUT2D eigenvalue weighted by Gasteiger charge is -2.08. The van der Waals surface area contributed by atoms with Gasteiger partial charge >= 0.3 is 0 Å². The molecule has 0 saturated heterocycles. The summed E-state index contributed by atoms with van der Waals surface area (Å²) in [6.07, 6.45) is 5.34. The number of anilines is 1. The van der Waals surface area contributed by atoms with E-state index in [0.717, 1.165) is 38.3 Å². The largest absolute Gasteiger partial charge is 0.464 e. The van der Waals surface area contributed by atoms with E-state index >= 15 is 0 Å². The van der Waals surface area contributed by atoms with Gasteiger partial charge in [-0.25, -0.2) is 9.67 Å². The fraction of sp³-hybridized carbons (Fsp3) is 0.174. The normalized spacial score (nSPS) is 11.7. The molecule has 0 saturated carbocycles. The summed E-state index contributed by atoms with van der Waals surface area (Å²) in [7, 11) is 0. The van der Waals surface area contributed by atoms with Gasteiger partial charge in [0.2, 0.25) is 5.91 Å². The van der Waals surface area contributed by atoms with Crippen molar-refractivity contribution in [2.75, 3.05) is 5.32 Å². The number of furan rings is 1. The third-order valence-corrected chi connectivity index (χ3v) is 5.10. The van der Waals surface area contributed by atoms with Gasteiger partial charge in [0.1, 0.15) is 5.58 Å². The molecule has 0 radical (unpaired) electrons. The second-order valence-corrected chi connectivity index (χ2v) is 7.47. The Morgan fingerprint density at radius 1 is 1.14 bits per heavy atom. The van der Waals surface area contributed by atoms with Crippen molar-refractivity contribution in [1.82, 2.24) is 14.8 Å². The lowest BCUT2D eigenvalue weighted by molar-refractivity contribution is -0.115. The number of benzene rings is 2. The van der Waals surface area contributed by atoms with Crippen LogP contribution in [-0.2, 0) is 11.2 Å². The molecule has 144 valence electrons. The average molecular weight is 384 g/mol. The van der Waals surface area contributed by atoms with Crippen molar-refractivity contribution in [2.24, 2.45) is 0 Å². The van der Waals surface area contributed by atoms with Crippen molar-refractivity contribution < 1.29 is 9.21 Å². The molecule has 0 spiro atoms. The van der Waals surface area contributed by atoms with Crippen LogP contribution >= 0.6 is 0 Å². The predicted molar refractivity (Wildman–Crippen MR) is 114 cm³/mol. The van der Waals surface area contributed by atoms with E-state index in [9.17, 15) is 4.79 Å². The molecule has 0 aliphatic heterocycles. The fourth-order valence-electron chi connectivity index (χ4n) is 3.77. The SMILES string of the molecule is CC(C)n1ncc2cc(NC(=O)Cc3coc4ccc5ccccc5c34)cnc21. The highest BCUT2D eigenvalue weighted by molar-refractivity contribution is 6.09. The molecule has 2 aromatic carbocycles. The number of aromatic nitrogens is 3. The Morgan fingerprint density at radius 2 is 2.00 bits per heavy atom. The lowest BCUT2D eigenvalue weighted by Crippen LogP contribution is -2.14. The number of carbonyl (C=O) groups is 1. The van der Waals surface area contributed by atoms with Crippen LogP contribution in [0.1, 0.15) is 25.5 Å². The summed E-state index contributed by atoms with van der Waals surface area (Å²) in [6.45, 7) is 4.12. The molecule has 0 unspecified atom stereocenters. The molecule has 5 rings (SSSR count). The predicted octanol–water partition coefficient (Wildman–Crippen LogP) is 5.09. The number of rotatable bonds is 4. The van der Waals surface area contributed by atoms with Crippen molar-refractivity contribution >= 4 is 44.4 Å². The Bertz CT molecular complexity index is 1360. The fourth-order valence-corrected chi connectivity index (χ4v) is 3.77. The van der Waals surface area contributed by atoms with Crippen LogP contribution in [0, 0.1) is 0 Å². The standard InChI is InChI=1S/C23H20N4O2/c1-14(2)27-23-16(11-25-27)9-18(12-24-23)26-21(28)10-17-13-29-20-8-7-15-5-3-4-6-19(15)22(17)20/h3-9,11-14H,10H2,1-2H3,(H,26,28). The van der Waals surface area contributed by atoms with Crippen LogP contribution < -0.4 is 5.32 Å². The molecule has 29 heavy (non-hydrogen) atoms. The van der Waals surface area contributed by atoms with Gasteiger partial charge in [-0.3, -0.25) is 4.79 Å². The van der Waals surface area contributed by atoms with E-state index in [4.69, 9.17) is 4.42 Å². The first-order chi connectivity index (χ1) is 14.1. The van der Waals surface area contributed by atoms with Crippen molar-refractivity contribution in [3.8, 4) is 0 Å². The molecular weight excluding hydrogens is 364 g/mol. The van der Waals surface area contributed by atoms with E-state index in [1.54, 1.807) is 18.7 Å². The Labute approximate surface area is 167 Å². The Kier molecular flexibility index (Phi) is 4.05. The minimum absolute atomic E-state index is 0.113. The second kappa shape index (κ2) is 6.74. The van der Waals surface area contributed by atoms with Crippen LogP contribution in [0.25, 0.3) is 32.8 Å². The molecule has 6 nitrogen and oxygen atoms in total. The first kappa shape index (κ1) is 17.4. The third kappa shape index (κ3) is 3.02. The number of hydrogen-bond donors (Lipinski definition) is 1. The van der Waals surface area contributed by atoms with E-state index in [2.05, 4.69) is 41.4 Å². The van der Waals surface area contributed by atoms with Crippen LogP contribution in [0.4, 0.5) is 5.69 Å². The lowest BCUT2D eigenvalue weighted by atomic mass is 10.0. The average Bonchev–Trinajstić information content (AvgIpc) is 3.32. The van der Waals surface area contributed by atoms with E-state index in [-0.39, 0.29) is 18.4 Å². The summed E-state index contributed by atoms with van der Waals surface area (Å²) in [6, 6.07) is 14.2. The van der Waals surface area contributed by atoms with E-state index in [1.165, 1.54) is 0 Å². The zero-order valence-corrected chi connectivity index (χ0v) is 16.2. The summed E-state index contributed by atoms with van der Waals surface area (Å²) >= 11 is 0. The number of fused-ring (bicyclic) bond motifs is 4. The number of pyridine rings is 1. The maximum atomic E-state index is 12.7. The van der Waals surface area contributed by atoms with Gasteiger partial charge in [0.25, 0.3) is 0 Å². The van der Waals surface area contributed by atoms with Crippen molar-refractivity contribution in [3.63, 3.8) is 0 Å². The summed E-state index contributed by atoms with van der Waals surface area (Å²) in [5.41, 5.74) is 3.13. The quantitative estimate of drug-likeness (QED) is 0.468. The van der Waals surface area contributed by atoms with Crippen molar-refractivity contribution in [1.29, 1.82) is 0 Å². The van der Waals surface area contributed by atoms with Gasteiger partial charge in [0, 0.05) is 22.4 Å². The van der Waals surface area contributed by atoms with Crippen LogP contribution in [0.5, 0.6) is 0 Å². The number of nitrogens with zero attached hydrogens (tertiary/aromatic N) is 3. The number of hydrogen-bond acceptors (Lipinski definition) is 4. The van der Waals surface area contributed by atoms with Crippen LogP contribution in [0.2, 0.25) is 0 Å². The Morgan fingerprint density at radius 3 is 2.86 bits per heavy atom. The van der Waals surface area contributed by atoms with E-state index in [0.29, 0.717) is 5.69 Å².